The molecule has 3 rings (SSSR count). The van der Waals surface area contributed by atoms with Crippen LogP contribution in [0.1, 0.15) is 19.5 Å². The molecule has 0 aliphatic carbocycles. The van der Waals surface area contributed by atoms with Crippen LogP contribution < -0.4 is 5.32 Å². The Kier molecular flexibility index (Phi) is 3.76. The Morgan fingerprint density at radius 1 is 1.35 bits per heavy atom. The first kappa shape index (κ1) is 13.6. The van der Waals surface area contributed by atoms with Crippen LogP contribution in [0.3, 0.4) is 0 Å². The van der Waals surface area contributed by atoms with E-state index >= 15 is 0 Å². The van der Waals surface area contributed by atoms with Crippen molar-refractivity contribution < 1.29 is 0 Å². The summed E-state index contributed by atoms with van der Waals surface area (Å²) in [6.45, 7) is 8.82. The van der Waals surface area contributed by atoms with Gasteiger partial charge < -0.3 is 5.32 Å². The maximum Gasteiger partial charge on any atom is 0.0843 e. The van der Waals surface area contributed by atoms with Crippen LogP contribution in [0.15, 0.2) is 24.3 Å². The van der Waals surface area contributed by atoms with E-state index in [0.717, 1.165) is 26.2 Å². The highest BCUT2D eigenvalue weighted by Gasteiger charge is 2.22. The second kappa shape index (κ2) is 5.54. The molecule has 0 radical (unpaired) electrons. The fourth-order valence-corrected chi connectivity index (χ4v) is 3.05. The summed E-state index contributed by atoms with van der Waals surface area (Å²) in [5, 5.41) is 9.60. The summed E-state index contributed by atoms with van der Waals surface area (Å²) in [7, 11) is 2.03. The molecule has 108 valence electrons. The molecule has 0 bridgehead atoms. The molecule has 0 saturated carbocycles. The zero-order valence-corrected chi connectivity index (χ0v) is 12.6. The molecule has 1 aliphatic rings. The molecule has 1 N–H and O–H groups in total. The van der Waals surface area contributed by atoms with E-state index in [0.29, 0.717) is 12.0 Å². The third-order valence-corrected chi connectivity index (χ3v) is 4.30. The predicted octanol–water partition coefficient (Wildman–Crippen LogP) is 2.00. The molecule has 1 fully saturated rings. The maximum atomic E-state index is 4.71. The van der Waals surface area contributed by atoms with E-state index in [1.807, 2.05) is 11.7 Å². The maximum absolute atomic E-state index is 4.71. The van der Waals surface area contributed by atoms with Crippen molar-refractivity contribution in [1.82, 2.24) is 20.0 Å². The third kappa shape index (κ3) is 2.58. The van der Waals surface area contributed by atoms with Gasteiger partial charge in [-0.3, -0.25) is 9.58 Å². The van der Waals surface area contributed by atoms with Gasteiger partial charge in [-0.1, -0.05) is 32.0 Å². The van der Waals surface area contributed by atoms with Gasteiger partial charge in [-0.2, -0.15) is 5.10 Å². The molecule has 1 saturated heterocycles. The average molecular weight is 272 g/mol. The number of hydrogen-bond acceptors (Lipinski definition) is 3. The van der Waals surface area contributed by atoms with Crippen molar-refractivity contribution in [2.24, 2.45) is 13.0 Å². The summed E-state index contributed by atoms with van der Waals surface area (Å²) in [5.41, 5.74) is 2.42. The predicted molar refractivity (Wildman–Crippen MR) is 82.6 cm³/mol. The molecule has 1 unspecified atom stereocenters. The monoisotopic (exact) mass is 272 g/mol. The molecule has 1 aliphatic heterocycles. The van der Waals surface area contributed by atoms with Crippen LogP contribution in [-0.4, -0.2) is 40.4 Å². The highest BCUT2D eigenvalue weighted by molar-refractivity contribution is 5.81. The van der Waals surface area contributed by atoms with Crippen molar-refractivity contribution in [2.75, 3.05) is 19.6 Å². The SMILES string of the molecule is CC(C)C1CN(Cc2nn(C)c3ccccc23)CCN1. The van der Waals surface area contributed by atoms with E-state index in [-0.39, 0.29) is 0 Å². The van der Waals surface area contributed by atoms with Gasteiger partial charge in [0.25, 0.3) is 0 Å². The first-order valence-corrected chi connectivity index (χ1v) is 7.51. The Bertz CT molecular complexity index is 587. The average Bonchev–Trinajstić information content (AvgIpc) is 2.76. The zero-order valence-electron chi connectivity index (χ0n) is 12.6. The number of nitrogens with zero attached hydrogens (tertiary/aromatic N) is 3. The quantitative estimate of drug-likeness (QED) is 0.928. The lowest BCUT2D eigenvalue weighted by atomic mass is 10.0. The number of fused-ring (bicyclic) bond motifs is 1. The second-order valence-electron chi connectivity index (χ2n) is 6.13. The Morgan fingerprint density at radius 2 is 2.15 bits per heavy atom. The number of para-hydroxylation sites is 1. The van der Waals surface area contributed by atoms with Gasteiger partial charge in [0.15, 0.2) is 0 Å². The molecule has 1 aromatic heterocycles. The largest absolute Gasteiger partial charge is 0.311 e. The fraction of sp³-hybridized carbons (Fsp3) is 0.562. The lowest BCUT2D eigenvalue weighted by molar-refractivity contribution is 0.167. The summed E-state index contributed by atoms with van der Waals surface area (Å²) in [6.07, 6.45) is 0. The molecule has 4 nitrogen and oxygen atoms in total. The van der Waals surface area contributed by atoms with Crippen molar-refractivity contribution in [3.8, 4) is 0 Å². The third-order valence-electron chi connectivity index (χ3n) is 4.30. The minimum atomic E-state index is 0.596. The molecule has 0 spiro atoms. The van der Waals surface area contributed by atoms with Gasteiger partial charge in [0.05, 0.1) is 11.2 Å². The van der Waals surface area contributed by atoms with Crippen LogP contribution in [0.25, 0.3) is 10.9 Å². The topological polar surface area (TPSA) is 33.1 Å². The van der Waals surface area contributed by atoms with E-state index in [4.69, 9.17) is 5.10 Å². The molecular weight excluding hydrogens is 248 g/mol. The van der Waals surface area contributed by atoms with Crippen LogP contribution in [-0.2, 0) is 13.6 Å². The highest BCUT2D eigenvalue weighted by Crippen LogP contribution is 2.20. The summed E-state index contributed by atoms with van der Waals surface area (Å²) in [6, 6.07) is 9.09. The lowest BCUT2D eigenvalue weighted by Crippen LogP contribution is -2.52. The van der Waals surface area contributed by atoms with Crippen molar-refractivity contribution in [3.63, 3.8) is 0 Å². The number of aromatic nitrogens is 2. The lowest BCUT2D eigenvalue weighted by Gasteiger charge is -2.35. The van der Waals surface area contributed by atoms with Gasteiger partial charge in [-0.05, 0) is 12.0 Å². The van der Waals surface area contributed by atoms with E-state index in [9.17, 15) is 0 Å². The Hall–Kier alpha value is -1.39. The van der Waals surface area contributed by atoms with Gasteiger partial charge in [0.1, 0.15) is 0 Å². The molecular formula is C16H24N4. The Balaban J connectivity index is 1.79. The molecule has 2 heterocycles. The van der Waals surface area contributed by atoms with Gasteiger partial charge in [-0.15, -0.1) is 0 Å². The Labute approximate surface area is 120 Å². The van der Waals surface area contributed by atoms with Crippen LogP contribution in [0.2, 0.25) is 0 Å². The first-order valence-electron chi connectivity index (χ1n) is 7.51. The number of benzene rings is 1. The van der Waals surface area contributed by atoms with Crippen molar-refractivity contribution in [3.05, 3.63) is 30.0 Å². The van der Waals surface area contributed by atoms with Crippen LogP contribution in [0.4, 0.5) is 0 Å². The van der Waals surface area contributed by atoms with Gasteiger partial charge in [-0.25, -0.2) is 0 Å². The summed E-state index contributed by atoms with van der Waals surface area (Å²) in [5.74, 6) is 0.679. The summed E-state index contributed by atoms with van der Waals surface area (Å²) >= 11 is 0. The number of piperazine rings is 1. The minimum absolute atomic E-state index is 0.596. The molecule has 2 aromatic rings. The van der Waals surface area contributed by atoms with Gasteiger partial charge >= 0.3 is 0 Å². The van der Waals surface area contributed by atoms with Gasteiger partial charge in [0, 0.05) is 44.7 Å². The smallest absolute Gasteiger partial charge is 0.0843 e. The first-order chi connectivity index (χ1) is 9.65. The molecule has 4 heteroatoms. The number of aryl methyl sites for hydroxylation is 1. The van der Waals surface area contributed by atoms with Crippen LogP contribution in [0, 0.1) is 5.92 Å². The van der Waals surface area contributed by atoms with Gasteiger partial charge in [0.2, 0.25) is 0 Å². The fourth-order valence-electron chi connectivity index (χ4n) is 3.05. The molecule has 1 atom stereocenters. The zero-order chi connectivity index (χ0) is 14.1. The number of rotatable bonds is 3. The van der Waals surface area contributed by atoms with Crippen molar-refractivity contribution in [1.29, 1.82) is 0 Å². The summed E-state index contributed by atoms with van der Waals surface area (Å²) in [4.78, 5) is 2.52. The second-order valence-corrected chi connectivity index (χ2v) is 6.13. The van der Waals surface area contributed by atoms with Crippen molar-refractivity contribution in [2.45, 2.75) is 26.4 Å². The van der Waals surface area contributed by atoms with Crippen molar-refractivity contribution >= 4 is 10.9 Å². The number of hydrogen-bond donors (Lipinski definition) is 1. The number of nitrogens with one attached hydrogen (secondary N) is 1. The summed E-state index contributed by atoms with van der Waals surface area (Å²) < 4.78 is 1.99. The minimum Gasteiger partial charge on any atom is -0.311 e. The van der Waals surface area contributed by atoms with E-state index < -0.39 is 0 Å². The van der Waals surface area contributed by atoms with E-state index in [1.54, 1.807) is 0 Å². The molecule has 1 aromatic carbocycles. The van der Waals surface area contributed by atoms with Crippen LogP contribution in [0.5, 0.6) is 0 Å². The van der Waals surface area contributed by atoms with E-state index in [2.05, 4.69) is 48.3 Å². The van der Waals surface area contributed by atoms with Crippen LogP contribution >= 0.6 is 0 Å². The highest BCUT2D eigenvalue weighted by atomic mass is 15.3. The standard InChI is InChI=1S/C16H24N4/c1-12(2)14-10-20(9-8-17-14)11-15-13-6-4-5-7-16(13)19(3)18-15/h4-7,12,14,17H,8-11H2,1-3H3. The Morgan fingerprint density at radius 3 is 2.95 bits per heavy atom. The molecule has 0 amide bonds. The molecule has 20 heavy (non-hydrogen) atoms. The van der Waals surface area contributed by atoms with E-state index in [1.165, 1.54) is 16.6 Å². The normalized spacial score (nSPS) is 20.9.